The summed E-state index contributed by atoms with van der Waals surface area (Å²) in [6.07, 6.45) is 0. The van der Waals surface area contributed by atoms with Gasteiger partial charge in [0.25, 0.3) is 11.8 Å². The standard InChI is InChI=1S/C21H29N5O3S/c1-12-7-9-15(10-8-12)19(28)24-14(3)23-18-17(30)16(20(29)22-13(2)11-27)25-26(18)21(4,5)6/h7-10,13,27,30H,11H2,1-6H3,(H,22,29)(H,23,24,28)/t13-/m1/s1. The first-order valence-electron chi connectivity index (χ1n) is 9.61. The van der Waals surface area contributed by atoms with Crippen molar-refractivity contribution in [2.75, 3.05) is 6.61 Å². The number of aromatic nitrogens is 2. The number of amidine groups is 1. The van der Waals surface area contributed by atoms with E-state index < -0.39 is 17.5 Å². The minimum Gasteiger partial charge on any atom is -0.394 e. The minimum atomic E-state index is -0.487. The lowest BCUT2D eigenvalue weighted by molar-refractivity contribution is 0.0912. The van der Waals surface area contributed by atoms with Crippen LogP contribution in [0.3, 0.4) is 0 Å². The van der Waals surface area contributed by atoms with E-state index in [0.717, 1.165) is 5.56 Å². The molecule has 0 fully saturated rings. The quantitative estimate of drug-likeness (QED) is 0.332. The molecule has 162 valence electrons. The first-order valence-corrected chi connectivity index (χ1v) is 10.1. The molecule has 0 aliphatic rings. The molecular formula is C21H29N5O3S. The Hall–Kier alpha value is -2.65. The average Bonchev–Trinajstić information content (AvgIpc) is 2.98. The highest BCUT2D eigenvalue weighted by atomic mass is 32.1. The summed E-state index contributed by atoms with van der Waals surface area (Å²) in [5.74, 6) is -0.0397. The Balaban J connectivity index is 2.37. The number of aryl methyl sites for hydroxylation is 1. The summed E-state index contributed by atoms with van der Waals surface area (Å²) in [6.45, 7) is 10.9. The largest absolute Gasteiger partial charge is 0.394 e. The smallest absolute Gasteiger partial charge is 0.273 e. The van der Waals surface area contributed by atoms with Crippen molar-refractivity contribution in [3.63, 3.8) is 0 Å². The van der Waals surface area contributed by atoms with E-state index in [-0.39, 0.29) is 23.1 Å². The third-order valence-electron chi connectivity index (χ3n) is 4.22. The van der Waals surface area contributed by atoms with Crippen LogP contribution < -0.4 is 10.6 Å². The summed E-state index contributed by atoms with van der Waals surface area (Å²) in [6, 6.07) is 6.78. The van der Waals surface area contributed by atoms with Gasteiger partial charge in [0, 0.05) is 11.6 Å². The molecule has 0 aliphatic heterocycles. The Morgan fingerprint density at radius 3 is 2.37 bits per heavy atom. The fourth-order valence-corrected chi connectivity index (χ4v) is 2.88. The number of rotatable bonds is 5. The van der Waals surface area contributed by atoms with Crippen LogP contribution in [0.2, 0.25) is 0 Å². The van der Waals surface area contributed by atoms with Gasteiger partial charge in [-0.1, -0.05) is 17.7 Å². The van der Waals surface area contributed by atoms with Crippen LogP contribution in [0.1, 0.15) is 61.0 Å². The van der Waals surface area contributed by atoms with Crippen molar-refractivity contribution in [3.05, 3.63) is 41.1 Å². The lowest BCUT2D eigenvalue weighted by atomic mass is 10.1. The average molecular weight is 432 g/mol. The number of aliphatic imine (C=N–C) groups is 1. The van der Waals surface area contributed by atoms with E-state index in [1.165, 1.54) is 0 Å². The fraction of sp³-hybridized carbons (Fsp3) is 0.429. The molecule has 0 spiro atoms. The van der Waals surface area contributed by atoms with Gasteiger partial charge < -0.3 is 15.7 Å². The summed E-state index contributed by atoms with van der Waals surface area (Å²) in [5.41, 5.74) is 1.19. The van der Waals surface area contributed by atoms with Crippen LogP contribution in [0.15, 0.2) is 34.2 Å². The highest BCUT2D eigenvalue weighted by molar-refractivity contribution is 7.80. The summed E-state index contributed by atoms with van der Waals surface area (Å²) in [7, 11) is 0. The van der Waals surface area contributed by atoms with E-state index in [4.69, 9.17) is 0 Å². The highest BCUT2D eigenvalue weighted by Gasteiger charge is 2.27. The van der Waals surface area contributed by atoms with Crippen LogP contribution in [-0.2, 0) is 5.54 Å². The number of amides is 2. The molecule has 1 aromatic heterocycles. The van der Waals surface area contributed by atoms with Gasteiger partial charge in [0.2, 0.25) is 0 Å². The van der Waals surface area contributed by atoms with Gasteiger partial charge in [0.05, 0.1) is 17.0 Å². The van der Waals surface area contributed by atoms with Crippen LogP contribution in [0.25, 0.3) is 0 Å². The molecule has 2 amide bonds. The molecule has 0 aliphatic carbocycles. The summed E-state index contributed by atoms with van der Waals surface area (Å²) in [5, 5.41) is 19.0. The Labute approximate surface area is 182 Å². The van der Waals surface area contributed by atoms with E-state index in [1.54, 1.807) is 30.7 Å². The molecule has 0 saturated heterocycles. The topological polar surface area (TPSA) is 109 Å². The molecular weight excluding hydrogens is 402 g/mol. The van der Waals surface area contributed by atoms with Gasteiger partial charge in [-0.25, -0.2) is 9.67 Å². The van der Waals surface area contributed by atoms with Crippen LogP contribution >= 0.6 is 12.6 Å². The Morgan fingerprint density at radius 1 is 1.23 bits per heavy atom. The number of carbonyl (C=O) groups excluding carboxylic acids is 2. The monoisotopic (exact) mass is 431 g/mol. The van der Waals surface area contributed by atoms with E-state index in [0.29, 0.717) is 17.2 Å². The van der Waals surface area contributed by atoms with E-state index in [9.17, 15) is 14.7 Å². The molecule has 0 radical (unpaired) electrons. The van der Waals surface area contributed by atoms with Gasteiger partial charge in [-0.05, 0) is 53.7 Å². The molecule has 2 rings (SSSR count). The third kappa shape index (κ3) is 5.70. The normalized spacial score (nSPS) is 13.1. The maximum Gasteiger partial charge on any atom is 0.273 e. The second-order valence-corrected chi connectivity index (χ2v) is 8.63. The van der Waals surface area contributed by atoms with Gasteiger partial charge in [0.1, 0.15) is 5.84 Å². The molecule has 0 unspecified atom stereocenters. The van der Waals surface area contributed by atoms with E-state index in [1.807, 2.05) is 39.8 Å². The van der Waals surface area contributed by atoms with Gasteiger partial charge >= 0.3 is 0 Å². The van der Waals surface area contributed by atoms with Crippen molar-refractivity contribution >= 4 is 36.1 Å². The van der Waals surface area contributed by atoms with Crippen molar-refractivity contribution in [1.29, 1.82) is 0 Å². The number of benzene rings is 1. The zero-order valence-electron chi connectivity index (χ0n) is 18.1. The second kappa shape index (κ2) is 9.44. The van der Waals surface area contributed by atoms with E-state index in [2.05, 4.69) is 33.4 Å². The van der Waals surface area contributed by atoms with Crippen molar-refractivity contribution in [3.8, 4) is 0 Å². The van der Waals surface area contributed by atoms with E-state index >= 15 is 0 Å². The number of carbonyl (C=O) groups is 2. The maximum absolute atomic E-state index is 12.5. The van der Waals surface area contributed by atoms with Crippen molar-refractivity contribution in [1.82, 2.24) is 20.4 Å². The number of hydrogen-bond donors (Lipinski definition) is 4. The number of aliphatic hydroxyl groups excluding tert-OH is 1. The molecule has 1 aromatic carbocycles. The summed E-state index contributed by atoms with van der Waals surface area (Å²) >= 11 is 4.48. The lowest BCUT2D eigenvalue weighted by Gasteiger charge is -2.21. The third-order valence-corrected chi connectivity index (χ3v) is 4.63. The number of thiol groups is 1. The SMILES string of the molecule is C/C(=N\c1c(S)c(C(=O)N[C@H](C)CO)nn1C(C)(C)C)NC(=O)c1ccc(C)cc1. The zero-order valence-corrected chi connectivity index (χ0v) is 19.0. The van der Waals surface area contributed by atoms with Crippen molar-refractivity contribution in [2.24, 2.45) is 4.99 Å². The fourth-order valence-electron chi connectivity index (χ4n) is 2.59. The first-order chi connectivity index (χ1) is 13.9. The molecule has 30 heavy (non-hydrogen) atoms. The Bertz CT molecular complexity index is 958. The van der Waals surface area contributed by atoms with Gasteiger partial charge in [-0.3, -0.25) is 9.59 Å². The maximum atomic E-state index is 12.5. The predicted molar refractivity (Wildman–Crippen MR) is 120 cm³/mol. The lowest BCUT2D eigenvalue weighted by Crippen LogP contribution is -2.35. The second-order valence-electron chi connectivity index (χ2n) is 8.18. The number of aliphatic hydroxyl groups is 1. The molecule has 2 aromatic rings. The van der Waals surface area contributed by atoms with Gasteiger partial charge in [-0.15, -0.1) is 12.6 Å². The van der Waals surface area contributed by atoms with Crippen LogP contribution in [-0.4, -0.2) is 45.2 Å². The molecule has 8 nitrogen and oxygen atoms in total. The van der Waals surface area contributed by atoms with Crippen molar-refractivity contribution < 1.29 is 14.7 Å². The van der Waals surface area contributed by atoms with Gasteiger partial charge in [-0.2, -0.15) is 5.10 Å². The van der Waals surface area contributed by atoms with Crippen LogP contribution in [0.5, 0.6) is 0 Å². The Kier molecular flexibility index (Phi) is 7.44. The first kappa shape index (κ1) is 23.6. The zero-order chi connectivity index (χ0) is 22.6. The van der Waals surface area contributed by atoms with Crippen LogP contribution in [0, 0.1) is 6.92 Å². The Morgan fingerprint density at radius 2 is 1.83 bits per heavy atom. The molecule has 1 heterocycles. The predicted octanol–water partition coefficient (Wildman–Crippen LogP) is 2.83. The number of hydrogen-bond acceptors (Lipinski definition) is 6. The number of nitrogens with zero attached hydrogens (tertiary/aromatic N) is 3. The molecule has 1 atom stereocenters. The number of nitrogens with one attached hydrogen (secondary N) is 2. The summed E-state index contributed by atoms with van der Waals surface area (Å²) < 4.78 is 1.59. The van der Waals surface area contributed by atoms with Gasteiger partial charge in [0.15, 0.2) is 11.5 Å². The minimum absolute atomic E-state index is 0.102. The highest BCUT2D eigenvalue weighted by Crippen LogP contribution is 2.32. The molecule has 3 N–H and O–H groups in total. The van der Waals surface area contributed by atoms with Crippen molar-refractivity contribution in [2.45, 2.75) is 58.0 Å². The van der Waals surface area contributed by atoms with Crippen LogP contribution in [0.4, 0.5) is 5.82 Å². The molecule has 0 saturated carbocycles. The molecule has 9 heteroatoms. The molecule has 0 bridgehead atoms. The summed E-state index contributed by atoms with van der Waals surface area (Å²) in [4.78, 5) is 29.8.